The average molecular weight is 685 g/mol. The molecular formula is C32H17Cl4NO8. The molecule has 4 aromatic carbocycles. The summed E-state index contributed by atoms with van der Waals surface area (Å²) >= 11 is 23.6. The Hall–Kier alpha value is -4.54. The van der Waals surface area contributed by atoms with E-state index in [0.717, 1.165) is 4.90 Å². The number of fused-ring (bicyclic) bond motifs is 1. The lowest BCUT2D eigenvalue weighted by atomic mass is 10.1. The highest BCUT2D eigenvalue weighted by Gasteiger charge is 2.37. The fraction of sp³-hybridized carbons (Fsp3) is 0.0625. The number of esters is 2. The number of ether oxygens (including phenoxy) is 2. The quantitative estimate of drug-likeness (QED) is 0.103. The van der Waals surface area contributed by atoms with Crippen LogP contribution in [0.15, 0.2) is 78.9 Å². The Bertz CT molecular complexity index is 1920. The highest BCUT2D eigenvalue weighted by molar-refractivity contribution is 6.42. The number of hydrogen-bond donors (Lipinski definition) is 0. The largest absolute Gasteiger partial charge is 0.454 e. The van der Waals surface area contributed by atoms with Crippen LogP contribution in [0.3, 0.4) is 0 Å². The van der Waals surface area contributed by atoms with Crippen LogP contribution in [-0.4, -0.2) is 48.5 Å². The van der Waals surface area contributed by atoms with Crippen LogP contribution in [0.1, 0.15) is 62.1 Å². The predicted octanol–water partition coefficient (Wildman–Crippen LogP) is 7.18. The van der Waals surface area contributed by atoms with E-state index in [1.54, 1.807) is 0 Å². The maximum absolute atomic E-state index is 13.2. The van der Waals surface area contributed by atoms with Gasteiger partial charge in [0.1, 0.15) is 0 Å². The molecule has 0 N–H and O–H groups in total. The van der Waals surface area contributed by atoms with Crippen LogP contribution < -0.4 is 4.90 Å². The molecule has 1 aliphatic heterocycles. The van der Waals surface area contributed by atoms with Gasteiger partial charge in [0.2, 0.25) is 0 Å². The summed E-state index contributed by atoms with van der Waals surface area (Å²) in [4.78, 5) is 77.0. The van der Waals surface area contributed by atoms with Crippen molar-refractivity contribution < 1.29 is 38.2 Å². The summed E-state index contributed by atoms with van der Waals surface area (Å²) in [7, 11) is 0. The molecule has 13 heteroatoms. The number of rotatable bonds is 9. The zero-order valence-corrected chi connectivity index (χ0v) is 25.7. The van der Waals surface area contributed by atoms with Gasteiger partial charge < -0.3 is 9.47 Å². The van der Waals surface area contributed by atoms with Gasteiger partial charge in [0.25, 0.3) is 11.8 Å². The standard InChI is InChI=1S/C32H17Cl4NO8/c33-23-9-4-17(12-25(23)35)27(38)14-44-31(42)16-1-6-20(7-2-16)37-29(40)21-8-3-19(11-22(21)30(37)41)32(43)45-15-28(39)18-5-10-24(34)26(36)13-18/h1-13H,14-15H2. The second kappa shape index (κ2) is 13.2. The predicted molar refractivity (Wildman–Crippen MR) is 166 cm³/mol. The van der Waals surface area contributed by atoms with Crippen molar-refractivity contribution in [3.8, 4) is 0 Å². The molecule has 0 bridgehead atoms. The lowest BCUT2D eigenvalue weighted by molar-refractivity contribution is 0.0472. The van der Waals surface area contributed by atoms with Crippen LogP contribution in [-0.2, 0) is 9.47 Å². The third-order valence-electron chi connectivity index (χ3n) is 6.64. The molecule has 0 spiro atoms. The number of nitrogens with zero attached hydrogens (tertiary/aromatic N) is 1. The topological polar surface area (TPSA) is 124 Å². The van der Waals surface area contributed by atoms with Crippen molar-refractivity contribution in [1.82, 2.24) is 0 Å². The summed E-state index contributed by atoms with van der Waals surface area (Å²) in [5.41, 5.74) is 0.582. The number of carbonyl (C=O) groups excluding carboxylic acids is 6. The van der Waals surface area contributed by atoms with Crippen molar-refractivity contribution in [2.75, 3.05) is 18.1 Å². The molecule has 1 aliphatic rings. The minimum atomic E-state index is -0.884. The summed E-state index contributed by atoms with van der Waals surface area (Å²) < 4.78 is 10.2. The fourth-order valence-corrected chi connectivity index (χ4v) is 4.88. The minimum Gasteiger partial charge on any atom is -0.454 e. The lowest BCUT2D eigenvalue weighted by Crippen LogP contribution is -2.29. The van der Waals surface area contributed by atoms with E-state index in [0.29, 0.717) is 0 Å². The smallest absolute Gasteiger partial charge is 0.338 e. The second-order valence-corrected chi connectivity index (χ2v) is 11.1. The molecule has 5 rings (SSSR count). The zero-order chi connectivity index (χ0) is 32.4. The maximum Gasteiger partial charge on any atom is 0.338 e. The fourth-order valence-electron chi connectivity index (χ4n) is 4.28. The molecule has 0 saturated carbocycles. The number of imide groups is 1. The number of Topliss-reactive ketones (excluding diaryl/α,β-unsaturated/α-hetero) is 2. The van der Waals surface area contributed by atoms with E-state index in [1.165, 1.54) is 78.9 Å². The lowest BCUT2D eigenvalue weighted by Gasteiger charge is -2.14. The van der Waals surface area contributed by atoms with Crippen molar-refractivity contribution in [1.29, 1.82) is 0 Å². The van der Waals surface area contributed by atoms with E-state index in [1.807, 2.05) is 0 Å². The Kier molecular flexibility index (Phi) is 9.36. The Morgan fingerprint density at radius 1 is 0.511 bits per heavy atom. The van der Waals surface area contributed by atoms with Gasteiger partial charge >= 0.3 is 11.9 Å². The molecule has 0 fully saturated rings. The molecule has 0 aromatic heterocycles. The first kappa shape index (κ1) is 31.9. The number of halogens is 4. The van der Waals surface area contributed by atoms with Crippen molar-refractivity contribution >= 4 is 87.4 Å². The zero-order valence-electron chi connectivity index (χ0n) is 22.6. The van der Waals surface area contributed by atoms with E-state index in [-0.39, 0.29) is 59.2 Å². The van der Waals surface area contributed by atoms with Crippen molar-refractivity contribution in [3.63, 3.8) is 0 Å². The molecule has 0 aliphatic carbocycles. The Morgan fingerprint density at radius 3 is 1.47 bits per heavy atom. The van der Waals surface area contributed by atoms with Crippen LogP contribution in [0.5, 0.6) is 0 Å². The summed E-state index contributed by atoms with van der Waals surface area (Å²) in [5, 5.41) is 0.890. The molecule has 2 amide bonds. The van der Waals surface area contributed by atoms with Gasteiger partial charge in [0.15, 0.2) is 24.8 Å². The molecule has 9 nitrogen and oxygen atoms in total. The van der Waals surface area contributed by atoms with Crippen LogP contribution in [0.4, 0.5) is 5.69 Å². The van der Waals surface area contributed by atoms with Gasteiger partial charge in [-0.05, 0) is 78.9 Å². The number of anilines is 1. The first-order valence-electron chi connectivity index (χ1n) is 12.9. The average Bonchev–Trinajstić information content (AvgIpc) is 3.29. The number of carbonyl (C=O) groups is 6. The summed E-state index contributed by atoms with van der Waals surface area (Å²) in [6.45, 7) is -1.14. The van der Waals surface area contributed by atoms with E-state index in [9.17, 15) is 28.8 Å². The monoisotopic (exact) mass is 683 g/mol. The first-order chi connectivity index (χ1) is 21.4. The van der Waals surface area contributed by atoms with Crippen LogP contribution in [0.25, 0.3) is 0 Å². The molecule has 4 aromatic rings. The number of ketones is 2. The summed E-state index contributed by atoms with van der Waals surface area (Å²) in [5.74, 6) is -4.06. The van der Waals surface area contributed by atoms with E-state index < -0.39 is 48.5 Å². The number of benzene rings is 4. The molecule has 0 unspecified atom stereocenters. The van der Waals surface area contributed by atoms with Gasteiger partial charge in [0, 0.05) is 11.1 Å². The minimum absolute atomic E-state index is 0.0467. The second-order valence-electron chi connectivity index (χ2n) is 9.51. The normalized spacial score (nSPS) is 12.1. The summed E-state index contributed by atoms with van der Waals surface area (Å²) in [6, 6.07) is 17.7. The molecule has 0 radical (unpaired) electrons. The molecule has 0 saturated heterocycles. The van der Waals surface area contributed by atoms with Crippen LogP contribution in [0, 0.1) is 0 Å². The van der Waals surface area contributed by atoms with Gasteiger partial charge in [-0.25, -0.2) is 14.5 Å². The molecule has 226 valence electrons. The van der Waals surface area contributed by atoms with Crippen molar-refractivity contribution in [2.24, 2.45) is 0 Å². The van der Waals surface area contributed by atoms with E-state index in [2.05, 4.69) is 0 Å². The van der Waals surface area contributed by atoms with Gasteiger partial charge in [-0.1, -0.05) is 46.4 Å². The van der Waals surface area contributed by atoms with Crippen molar-refractivity contribution in [3.05, 3.63) is 132 Å². The first-order valence-corrected chi connectivity index (χ1v) is 14.4. The van der Waals surface area contributed by atoms with Crippen LogP contribution in [0.2, 0.25) is 20.1 Å². The van der Waals surface area contributed by atoms with Crippen molar-refractivity contribution in [2.45, 2.75) is 0 Å². The molecule has 1 heterocycles. The number of amides is 2. The molecule has 45 heavy (non-hydrogen) atoms. The molecular weight excluding hydrogens is 668 g/mol. The highest BCUT2D eigenvalue weighted by Crippen LogP contribution is 2.30. The Labute approximate surface area is 275 Å². The van der Waals surface area contributed by atoms with Gasteiger partial charge in [-0.3, -0.25) is 19.2 Å². The van der Waals surface area contributed by atoms with Gasteiger partial charge in [-0.2, -0.15) is 0 Å². The maximum atomic E-state index is 13.2. The van der Waals surface area contributed by atoms with E-state index >= 15 is 0 Å². The Morgan fingerprint density at radius 2 is 0.956 bits per heavy atom. The third-order valence-corrected chi connectivity index (χ3v) is 8.11. The molecule has 0 atom stereocenters. The summed E-state index contributed by atoms with van der Waals surface area (Å²) in [6.07, 6.45) is 0. The third kappa shape index (κ3) is 6.77. The van der Waals surface area contributed by atoms with E-state index in [4.69, 9.17) is 55.9 Å². The Balaban J connectivity index is 1.22. The van der Waals surface area contributed by atoms with Gasteiger partial charge in [0.05, 0.1) is 48.0 Å². The SMILES string of the molecule is O=C(COC(=O)c1ccc(N2C(=O)c3ccc(C(=O)OCC(=O)c4ccc(Cl)c(Cl)c4)cc3C2=O)cc1)c1ccc(Cl)c(Cl)c1. The van der Waals surface area contributed by atoms with Crippen LogP contribution >= 0.6 is 46.4 Å². The highest BCUT2D eigenvalue weighted by atomic mass is 35.5. The van der Waals surface area contributed by atoms with Gasteiger partial charge in [-0.15, -0.1) is 0 Å². The number of hydrogen-bond acceptors (Lipinski definition) is 8.